The summed E-state index contributed by atoms with van der Waals surface area (Å²) in [6.07, 6.45) is 5.30. The Morgan fingerprint density at radius 2 is 2.29 bits per heavy atom. The predicted octanol–water partition coefficient (Wildman–Crippen LogP) is 1.17. The van der Waals surface area contributed by atoms with Gasteiger partial charge < -0.3 is 4.98 Å². The van der Waals surface area contributed by atoms with Crippen molar-refractivity contribution in [3.05, 3.63) is 48.1 Å². The highest BCUT2D eigenvalue weighted by molar-refractivity contribution is 6.06. The van der Waals surface area contributed by atoms with Gasteiger partial charge in [-0.15, -0.1) is 0 Å². The molecule has 1 N–H and O–H groups in total. The van der Waals surface area contributed by atoms with Gasteiger partial charge in [0.05, 0.1) is 11.8 Å². The summed E-state index contributed by atoms with van der Waals surface area (Å²) in [6, 6.07) is 1.32. The number of hydrogen-bond donors (Lipinski definition) is 1. The summed E-state index contributed by atoms with van der Waals surface area (Å²) in [5, 5.41) is 0. The molecule has 2 rings (SSSR count). The van der Waals surface area contributed by atoms with E-state index in [0.29, 0.717) is 0 Å². The molecular weight excluding hydrogens is 185 g/mol. The zero-order valence-corrected chi connectivity index (χ0v) is 7.07. The fourth-order valence-electron chi connectivity index (χ4n) is 1.08. The van der Waals surface area contributed by atoms with E-state index in [9.17, 15) is 9.18 Å². The van der Waals surface area contributed by atoms with E-state index in [1.807, 2.05) is 0 Å². The van der Waals surface area contributed by atoms with Crippen LogP contribution < -0.4 is 0 Å². The van der Waals surface area contributed by atoms with Gasteiger partial charge in [0, 0.05) is 18.6 Å². The van der Waals surface area contributed by atoms with E-state index in [1.165, 1.54) is 24.7 Å². The minimum absolute atomic E-state index is 0.0325. The number of imidazole rings is 1. The smallest absolute Gasteiger partial charge is 0.231 e. The Morgan fingerprint density at radius 1 is 1.43 bits per heavy atom. The standard InChI is InChI=1S/C9H6FN3O/c10-7-5-11-2-1-6(7)8(14)9-12-3-4-13-9/h1-5H,(H,12,13). The van der Waals surface area contributed by atoms with Crippen LogP contribution in [-0.4, -0.2) is 20.7 Å². The molecular formula is C9H6FN3O. The number of pyridine rings is 1. The van der Waals surface area contributed by atoms with Crippen LogP contribution in [0.2, 0.25) is 0 Å². The number of carbonyl (C=O) groups is 1. The average molecular weight is 191 g/mol. The second-order valence-corrected chi connectivity index (χ2v) is 2.62. The lowest BCUT2D eigenvalue weighted by Gasteiger charge is -1.97. The molecule has 0 aromatic carbocycles. The average Bonchev–Trinajstić information content (AvgIpc) is 2.70. The van der Waals surface area contributed by atoms with Crippen molar-refractivity contribution in [3.63, 3.8) is 0 Å². The number of nitrogens with zero attached hydrogens (tertiary/aromatic N) is 2. The number of aromatic nitrogens is 3. The van der Waals surface area contributed by atoms with Gasteiger partial charge in [0.15, 0.2) is 11.6 Å². The van der Waals surface area contributed by atoms with Gasteiger partial charge in [-0.25, -0.2) is 9.37 Å². The summed E-state index contributed by atoms with van der Waals surface area (Å²) in [5.74, 6) is -1.00. The molecule has 4 nitrogen and oxygen atoms in total. The third-order valence-electron chi connectivity index (χ3n) is 1.73. The van der Waals surface area contributed by atoms with Crippen molar-refractivity contribution >= 4 is 5.78 Å². The molecule has 5 heteroatoms. The van der Waals surface area contributed by atoms with Gasteiger partial charge in [0.25, 0.3) is 0 Å². The third kappa shape index (κ3) is 1.39. The van der Waals surface area contributed by atoms with Crippen LogP contribution in [0.15, 0.2) is 30.9 Å². The Labute approximate surface area is 78.8 Å². The largest absolute Gasteiger partial charge is 0.342 e. The highest BCUT2D eigenvalue weighted by Crippen LogP contribution is 2.08. The number of hydrogen-bond acceptors (Lipinski definition) is 3. The van der Waals surface area contributed by atoms with Gasteiger partial charge in [-0.2, -0.15) is 0 Å². The van der Waals surface area contributed by atoms with Gasteiger partial charge in [-0.3, -0.25) is 9.78 Å². The van der Waals surface area contributed by atoms with Crippen LogP contribution in [-0.2, 0) is 0 Å². The van der Waals surface area contributed by atoms with Crippen molar-refractivity contribution in [1.29, 1.82) is 0 Å². The summed E-state index contributed by atoms with van der Waals surface area (Å²) < 4.78 is 13.1. The van der Waals surface area contributed by atoms with Gasteiger partial charge in [-0.1, -0.05) is 0 Å². The first-order valence-corrected chi connectivity index (χ1v) is 3.92. The van der Waals surface area contributed by atoms with Crippen molar-refractivity contribution in [2.45, 2.75) is 0 Å². The Balaban J connectivity index is 2.42. The maximum atomic E-state index is 13.1. The van der Waals surface area contributed by atoms with Gasteiger partial charge >= 0.3 is 0 Å². The van der Waals surface area contributed by atoms with E-state index >= 15 is 0 Å². The SMILES string of the molecule is O=C(c1ncc[nH]1)c1ccncc1F. The number of halogens is 1. The molecule has 0 saturated heterocycles. The summed E-state index contributed by atoms with van der Waals surface area (Å²) >= 11 is 0. The fourth-order valence-corrected chi connectivity index (χ4v) is 1.08. The number of carbonyl (C=O) groups excluding carboxylic acids is 1. The first-order valence-electron chi connectivity index (χ1n) is 3.92. The first kappa shape index (κ1) is 8.55. The minimum Gasteiger partial charge on any atom is -0.342 e. The van der Waals surface area contributed by atoms with Crippen LogP contribution >= 0.6 is 0 Å². The lowest BCUT2D eigenvalue weighted by atomic mass is 10.1. The molecule has 2 heterocycles. The molecule has 0 fully saturated rings. The lowest BCUT2D eigenvalue weighted by Crippen LogP contribution is -2.06. The second-order valence-electron chi connectivity index (χ2n) is 2.62. The molecule has 0 aliphatic heterocycles. The van der Waals surface area contributed by atoms with E-state index in [1.54, 1.807) is 0 Å². The van der Waals surface area contributed by atoms with Crippen LogP contribution in [0.4, 0.5) is 4.39 Å². The summed E-state index contributed by atoms with van der Waals surface area (Å²) in [5.41, 5.74) is -0.0325. The van der Waals surface area contributed by atoms with Gasteiger partial charge in [0.1, 0.15) is 0 Å². The topological polar surface area (TPSA) is 58.6 Å². The molecule has 2 aromatic heterocycles. The molecule has 0 saturated carbocycles. The third-order valence-corrected chi connectivity index (χ3v) is 1.73. The molecule has 0 aliphatic rings. The van der Waals surface area contributed by atoms with Crippen molar-refractivity contribution in [2.24, 2.45) is 0 Å². The highest BCUT2D eigenvalue weighted by Gasteiger charge is 2.15. The monoisotopic (exact) mass is 191 g/mol. The summed E-state index contributed by atoms with van der Waals surface area (Å²) in [4.78, 5) is 21.5. The van der Waals surface area contributed by atoms with Crippen LogP contribution in [0, 0.1) is 5.82 Å². The fraction of sp³-hybridized carbons (Fsp3) is 0. The molecule has 70 valence electrons. The predicted molar refractivity (Wildman–Crippen MR) is 46.2 cm³/mol. The quantitative estimate of drug-likeness (QED) is 0.725. The Kier molecular flexibility index (Phi) is 2.06. The van der Waals surface area contributed by atoms with Crippen molar-refractivity contribution in [1.82, 2.24) is 15.0 Å². The molecule has 0 spiro atoms. The molecule has 0 amide bonds. The summed E-state index contributed by atoms with van der Waals surface area (Å²) in [7, 11) is 0. The van der Waals surface area contributed by atoms with Gasteiger partial charge in [-0.05, 0) is 6.07 Å². The normalized spacial score (nSPS) is 10.1. The molecule has 2 aromatic rings. The second kappa shape index (κ2) is 3.37. The zero-order valence-electron chi connectivity index (χ0n) is 7.07. The number of ketones is 1. The van der Waals surface area contributed by atoms with E-state index in [0.717, 1.165) is 6.20 Å². The van der Waals surface area contributed by atoms with Crippen molar-refractivity contribution in [3.8, 4) is 0 Å². The van der Waals surface area contributed by atoms with E-state index in [4.69, 9.17) is 0 Å². The van der Waals surface area contributed by atoms with E-state index < -0.39 is 11.6 Å². The number of H-pyrrole nitrogens is 1. The van der Waals surface area contributed by atoms with E-state index in [2.05, 4.69) is 15.0 Å². The zero-order chi connectivity index (χ0) is 9.97. The Morgan fingerprint density at radius 3 is 2.93 bits per heavy atom. The molecule has 14 heavy (non-hydrogen) atoms. The van der Waals surface area contributed by atoms with Crippen molar-refractivity contribution < 1.29 is 9.18 Å². The Hall–Kier alpha value is -2.04. The van der Waals surface area contributed by atoms with Gasteiger partial charge in [0.2, 0.25) is 5.78 Å². The lowest BCUT2D eigenvalue weighted by molar-refractivity contribution is 0.102. The van der Waals surface area contributed by atoms with Crippen molar-refractivity contribution in [2.75, 3.05) is 0 Å². The van der Waals surface area contributed by atoms with E-state index in [-0.39, 0.29) is 11.4 Å². The van der Waals surface area contributed by atoms with Crippen LogP contribution in [0.3, 0.4) is 0 Å². The summed E-state index contributed by atoms with van der Waals surface area (Å²) in [6.45, 7) is 0. The highest BCUT2D eigenvalue weighted by atomic mass is 19.1. The molecule has 0 unspecified atom stereocenters. The molecule has 0 radical (unpaired) electrons. The number of rotatable bonds is 2. The maximum absolute atomic E-state index is 13.1. The van der Waals surface area contributed by atoms with Crippen LogP contribution in [0.1, 0.15) is 16.2 Å². The number of nitrogens with one attached hydrogen (secondary N) is 1. The molecule has 0 aliphatic carbocycles. The van der Waals surface area contributed by atoms with Crippen LogP contribution in [0.25, 0.3) is 0 Å². The molecule has 0 atom stereocenters. The maximum Gasteiger partial charge on any atom is 0.231 e. The van der Waals surface area contributed by atoms with Crippen LogP contribution in [0.5, 0.6) is 0 Å². The number of aromatic amines is 1. The molecule has 0 bridgehead atoms. The minimum atomic E-state index is -0.645. The first-order chi connectivity index (χ1) is 6.79. The Bertz CT molecular complexity index is 453.